The molecule has 0 unspecified atom stereocenters. The largest absolute Gasteiger partial charge is 0.147 e. The second kappa shape index (κ2) is 9.03. The van der Waals surface area contributed by atoms with E-state index in [1.807, 2.05) is 13.8 Å². The molecule has 1 aliphatic carbocycles. The van der Waals surface area contributed by atoms with Crippen LogP contribution in [0, 0.1) is 0 Å². The molecule has 0 bridgehead atoms. The summed E-state index contributed by atoms with van der Waals surface area (Å²) in [5, 5.41) is -2.62. The molecular weight excluding hydrogens is 344 g/mol. The van der Waals surface area contributed by atoms with Gasteiger partial charge in [-0.15, -0.1) is 82.0 Å². The lowest BCUT2D eigenvalue weighted by Gasteiger charge is -2.37. The number of rotatable bonds is 0. The molecule has 15 heavy (non-hydrogen) atoms. The summed E-state index contributed by atoms with van der Waals surface area (Å²) in [5.74, 6) is 0. The maximum Gasteiger partial charge on any atom is 0.0693 e. The third-order valence-electron chi connectivity index (χ3n) is 1.83. The zero-order chi connectivity index (χ0) is 11.5. The van der Waals surface area contributed by atoms with Crippen molar-refractivity contribution in [3.8, 4) is 0 Å². The molecule has 0 aromatic rings. The molecule has 0 heterocycles. The van der Waals surface area contributed by atoms with Gasteiger partial charge in [-0.25, -0.2) is 0 Å². The summed E-state index contributed by atoms with van der Waals surface area (Å²) in [6.07, 6.45) is 0. The van der Waals surface area contributed by atoms with Gasteiger partial charge in [0, 0.05) is 0 Å². The zero-order valence-electron chi connectivity index (χ0n) is 8.14. The Kier molecular flexibility index (Phi) is 11.7. The van der Waals surface area contributed by atoms with E-state index >= 15 is 0 Å². The highest BCUT2D eigenvalue weighted by molar-refractivity contribution is 6.45. The van der Waals surface area contributed by atoms with Crippen molar-refractivity contribution in [3.05, 3.63) is 0 Å². The average molecular weight is 357 g/mol. The molecule has 0 radical (unpaired) electrons. The number of alkyl halides is 6. The van der Waals surface area contributed by atoms with Crippen molar-refractivity contribution in [1.29, 1.82) is 0 Å². The van der Waals surface area contributed by atoms with Gasteiger partial charge in [-0.05, 0) is 0 Å². The van der Waals surface area contributed by atoms with Crippen molar-refractivity contribution in [3.63, 3.8) is 0 Å². The molecule has 0 saturated heterocycles. The molecule has 0 amide bonds. The van der Waals surface area contributed by atoms with E-state index in [-0.39, 0.29) is 12.4 Å². The fourth-order valence-corrected chi connectivity index (χ4v) is 3.38. The predicted octanol–water partition coefficient (Wildman–Crippen LogP) is 5.09. The predicted molar refractivity (Wildman–Crippen MR) is 76.4 cm³/mol. The standard InChI is InChI=1S/C6H6Cl6.C2H6.ClH/c7-1-2(8)4(10)6(12)5(11)3(1)9;1-2;/h1-6H;1-2H3;1H. The second-order valence-electron chi connectivity index (χ2n) is 2.67. The van der Waals surface area contributed by atoms with E-state index in [4.69, 9.17) is 69.6 Å². The van der Waals surface area contributed by atoms with E-state index < -0.39 is 32.3 Å². The molecule has 1 rings (SSSR count). The van der Waals surface area contributed by atoms with E-state index in [0.29, 0.717) is 0 Å². The van der Waals surface area contributed by atoms with Gasteiger partial charge in [0.1, 0.15) is 0 Å². The van der Waals surface area contributed by atoms with Gasteiger partial charge in [0.2, 0.25) is 0 Å². The summed E-state index contributed by atoms with van der Waals surface area (Å²) in [7, 11) is 0. The highest BCUT2D eigenvalue weighted by atomic mass is 35.5. The van der Waals surface area contributed by atoms with E-state index in [0.717, 1.165) is 0 Å². The van der Waals surface area contributed by atoms with E-state index in [9.17, 15) is 0 Å². The molecule has 0 aliphatic heterocycles. The minimum absolute atomic E-state index is 0. The smallest absolute Gasteiger partial charge is 0.0693 e. The molecule has 0 aromatic carbocycles. The lowest BCUT2D eigenvalue weighted by atomic mass is 9.97. The molecule has 0 N–H and O–H groups in total. The Hall–Kier alpha value is 2.03. The summed E-state index contributed by atoms with van der Waals surface area (Å²) in [5.41, 5.74) is 0. The molecule has 1 aliphatic rings. The summed E-state index contributed by atoms with van der Waals surface area (Å²) in [6, 6.07) is 0. The van der Waals surface area contributed by atoms with Crippen LogP contribution >= 0.6 is 82.0 Å². The Bertz CT molecular complexity index is 107. The summed E-state index contributed by atoms with van der Waals surface area (Å²) in [4.78, 5) is 0. The van der Waals surface area contributed by atoms with Crippen LogP contribution in [-0.4, -0.2) is 32.3 Å². The van der Waals surface area contributed by atoms with Crippen molar-refractivity contribution < 1.29 is 0 Å². The van der Waals surface area contributed by atoms with Crippen molar-refractivity contribution in [2.75, 3.05) is 0 Å². The Morgan fingerprint density at radius 1 is 0.467 bits per heavy atom. The normalized spacial score (nSPS) is 44.8. The Morgan fingerprint density at radius 3 is 0.600 bits per heavy atom. The van der Waals surface area contributed by atoms with E-state index in [1.54, 1.807) is 0 Å². The van der Waals surface area contributed by atoms with E-state index in [1.165, 1.54) is 0 Å². The van der Waals surface area contributed by atoms with Gasteiger partial charge < -0.3 is 0 Å². The zero-order valence-corrected chi connectivity index (χ0v) is 13.5. The first-order valence-electron chi connectivity index (χ1n) is 4.31. The van der Waals surface area contributed by atoms with Gasteiger partial charge in [0.05, 0.1) is 32.3 Å². The Balaban J connectivity index is 0. The van der Waals surface area contributed by atoms with E-state index in [2.05, 4.69) is 0 Å². The average Bonchev–Trinajstić information content (AvgIpc) is 2.24. The van der Waals surface area contributed by atoms with Crippen LogP contribution in [-0.2, 0) is 0 Å². The van der Waals surface area contributed by atoms with Crippen molar-refractivity contribution in [1.82, 2.24) is 0 Å². The minimum atomic E-state index is -0.437. The van der Waals surface area contributed by atoms with Crippen molar-refractivity contribution in [2.45, 2.75) is 46.1 Å². The first-order chi connectivity index (χ1) is 6.46. The molecule has 0 nitrogen and oxygen atoms in total. The van der Waals surface area contributed by atoms with Crippen LogP contribution in [0.3, 0.4) is 0 Å². The Morgan fingerprint density at radius 2 is 0.533 bits per heavy atom. The first kappa shape index (κ1) is 19.4. The lowest BCUT2D eigenvalue weighted by molar-refractivity contribution is 0.544. The van der Waals surface area contributed by atoms with Gasteiger partial charge >= 0.3 is 0 Å². The lowest BCUT2D eigenvalue weighted by Crippen LogP contribution is -2.52. The molecular formula is C8H13Cl7. The molecule has 7 heteroatoms. The van der Waals surface area contributed by atoms with Gasteiger partial charge in [-0.3, -0.25) is 0 Å². The molecule has 0 atom stereocenters. The number of hydrogen-bond donors (Lipinski definition) is 0. The summed E-state index contributed by atoms with van der Waals surface area (Å²) < 4.78 is 0. The first-order valence-corrected chi connectivity index (χ1v) is 6.93. The van der Waals surface area contributed by atoms with Crippen LogP contribution in [0.2, 0.25) is 0 Å². The summed E-state index contributed by atoms with van der Waals surface area (Å²) in [6.45, 7) is 4.00. The third kappa shape index (κ3) is 4.66. The highest BCUT2D eigenvalue weighted by Gasteiger charge is 2.46. The topological polar surface area (TPSA) is 0 Å². The molecule has 0 aromatic heterocycles. The van der Waals surface area contributed by atoms with Crippen LogP contribution in [0.15, 0.2) is 0 Å². The highest BCUT2D eigenvalue weighted by Crippen LogP contribution is 2.39. The van der Waals surface area contributed by atoms with Gasteiger partial charge in [-0.1, -0.05) is 13.8 Å². The van der Waals surface area contributed by atoms with Crippen LogP contribution in [0.1, 0.15) is 13.8 Å². The van der Waals surface area contributed by atoms with Crippen LogP contribution in [0.4, 0.5) is 0 Å². The van der Waals surface area contributed by atoms with Crippen molar-refractivity contribution >= 4 is 82.0 Å². The van der Waals surface area contributed by atoms with Crippen LogP contribution < -0.4 is 0 Å². The summed E-state index contributed by atoms with van der Waals surface area (Å²) >= 11 is 35.3. The van der Waals surface area contributed by atoms with Crippen LogP contribution in [0.5, 0.6) is 0 Å². The molecule has 1 fully saturated rings. The molecule has 94 valence electrons. The molecule has 1 saturated carbocycles. The van der Waals surface area contributed by atoms with Gasteiger partial charge in [0.25, 0.3) is 0 Å². The fraction of sp³-hybridized carbons (Fsp3) is 1.00. The third-order valence-corrected chi connectivity index (χ3v) is 5.86. The monoisotopic (exact) mass is 354 g/mol. The second-order valence-corrected chi connectivity index (χ2v) is 5.69. The van der Waals surface area contributed by atoms with Crippen LogP contribution in [0.25, 0.3) is 0 Å². The minimum Gasteiger partial charge on any atom is -0.147 e. The fourth-order valence-electron chi connectivity index (χ4n) is 1.05. The van der Waals surface area contributed by atoms with Gasteiger partial charge in [-0.2, -0.15) is 0 Å². The quantitative estimate of drug-likeness (QED) is 0.530. The maximum atomic E-state index is 5.88. The van der Waals surface area contributed by atoms with Gasteiger partial charge in [0.15, 0.2) is 0 Å². The number of hydrogen-bond acceptors (Lipinski definition) is 0. The maximum absolute atomic E-state index is 5.88. The number of halogens is 7. The van der Waals surface area contributed by atoms with Crippen molar-refractivity contribution in [2.24, 2.45) is 0 Å². The SMILES string of the molecule is CC.Cl.ClC1C(Cl)C(Cl)C(Cl)C(Cl)C1Cl. The molecule has 0 spiro atoms. The Labute approximate surface area is 127 Å².